The monoisotopic (exact) mass is 428 g/mol. The number of thioether (sulfide) groups is 1. The van der Waals surface area contributed by atoms with E-state index in [1.807, 2.05) is 53.5 Å². The summed E-state index contributed by atoms with van der Waals surface area (Å²) in [5, 5.41) is 0. The van der Waals surface area contributed by atoms with Gasteiger partial charge in [-0.2, -0.15) is 0 Å². The zero-order valence-corrected chi connectivity index (χ0v) is 18.5. The topological polar surface area (TPSA) is 40.6 Å². The van der Waals surface area contributed by atoms with E-state index in [9.17, 15) is 9.59 Å². The third-order valence-corrected chi connectivity index (χ3v) is 6.80. The van der Waals surface area contributed by atoms with Crippen LogP contribution in [-0.4, -0.2) is 45.1 Å². The summed E-state index contributed by atoms with van der Waals surface area (Å²) in [5.74, 6) is 0.151. The molecule has 0 unspecified atom stereocenters. The highest BCUT2D eigenvalue weighted by Crippen LogP contribution is 2.31. The molecule has 2 heterocycles. The van der Waals surface area contributed by atoms with Gasteiger partial charge in [0.25, 0.3) is 5.91 Å². The van der Waals surface area contributed by atoms with Crippen molar-refractivity contribution in [2.75, 3.05) is 13.1 Å². The summed E-state index contributed by atoms with van der Waals surface area (Å²) in [4.78, 5) is 29.6. The molecule has 2 saturated heterocycles. The van der Waals surface area contributed by atoms with Gasteiger partial charge < -0.3 is 4.90 Å². The van der Waals surface area contributed by atoms with Crippen molar-refractivity contribution in [3.63, 3.8) is 0 Å². The van der Waals surface area contributed by atoms with E-state index in [1.54, 1.807) is 4.90 Å². The number of amides is 2. The van der Waals surface area contributed by atoms with Crippen LogP contribution in [0.15, 0.2) is 47.4 Å². The highest BCUT2D eigenvalue weighted by molar-refractivity contribution is 8.26. The van der Waals surface area contributed by atoms with Crippen LogP contribution >= 0.6 is 24.0 Å². The van der Waals surface area contributed by atoms with Crippen molar-refractivity contribution in [2.24, 2.45) is 0 Å². The minimum absolute atomic E-state index is 0.0606. The number of piperidine rings is 1. The molecule has 29 heavy (non-hydrogen) atoms. The number of benzene rings is 1. The smallest absolute Gasteiger partial charge is 0.266 e. The SMILES string of the molecule is CC[C@@H]1CCCCN1C(=O)CCCN1C(=O)/C(=C/C=C/c2ccccc2)SC1=S. The van der Waals surface area contributed by atoms with Crippen LogP contribution in [0.4, 0.5) is 0 Å². The van der Waals surface area contributed by atoms with Crippen molar-refractivity contribution < 1.29 is 9.59 Å². The normalized spacial score (nSPS) is 21.6. The lowest BCUT2D eigenvalue weighted by Gasteiger charge is -2.35. The van der Waals surface area contributed by atoms with E-state index in [2.05, 4.69) is 6.92 Å². The van der Waals surface area contributed by atoms with Gasteiger partial charge in [0.05, 0.1) is 4.91 Å². The third-order valence-electron chi connectivity index (χ3n) is 5.40. The van der Waals surface area contributed by atoms with Crippen molar-refractivity contribution >= 4 is 46.2 Å². The average Bonchev–Trinajstić information content (AvgIpc) is 3.02. The molecular weight excluding hydrogens is 400 g/mol. The second-order valence-electron chi connectivity index (χ2n) is 7.37. The lowest BCUT2D eigenvalue weighted by atomic mass is 9.99. The maximum absolute atomic E-state index is 12.7. The van der Waals surface area contributed by atoms with Crippen molar-refractivity contribution in [3.05, 3.63) is 53.0 Å². The number of rotatable bonds is 7. The van der Waals surface area contributed by atoms with Gasteiger partial charge in [0.2, 0.25) is 5.91 Å². The molecule has 3 rings (SSSR count). The number of hydrogen-bond donors (Lipinski definition) is 0. The fraction of sp³-hybridized carbons (Fsp3) is 0.435. The van der Waals surface area contributed by atoms with Gasteiger partial charge in [-0.05, 0) is 43.7 Å². The van der Waals surface area contributed by atoms with Gasteiger partial charge in [-0.3, -0.25) is 14.5 Å². The van der Waals surface area contributed by atoms with Crippen LogP contribution in [0.25, 0.3) is 6.08 Å². The number of likely N-dealkylation sites (tertiary alicyclic amines) is 1. The van der Waals surface area contributed by atoms with Crippen LogP contribution in [-0.2, 0) is 9.59 Å². The van der Waals surface area contributed by atoms with Crippen LogP contribution in [0.3, 0.4) is 0 Å². The summed E-state index contributed by atoms with van der Waals surface area (Å²) in [7, 11) is 0. The standard InChI is InChI=1S/C23H28N2O2S2/c1-2-19-13-6-7-16-24(19)21(26)15-9-17-25-22(27)20(29-23(25)28)14-8-12-18-10-4-3-5-11-18/h3-5,8,10-12,14,19H,2,6-7,9,13,15-17H2,1H3/b12-8+,20-14-/t19-/m1/s1. The van der Waals surface area contributed by atoms with Crippen molar-refractivity contribution in [3.8, 4) is 0 Å². The van der Waals surface area contributed by atoms with Gasteiger partial charge in [0.1, 0.15) is 4.32 Å². The molecule has 0 spiro atoms. The molecule has 2 aliphatic heterocycles. The van der Waals surface area contributed by atoms with E-state index in [-0.39, 0.29) is 11.8 Å². The van der Waals surface area contributed by atoms with Gasteiger partial charge in [-0.15, -0.1) is 0 Å². The van der Waals surface area contributed by atoms with E-state index in [4.69, 9.17) is 12.2 Å². The summed E-state index contributed by atoms with van der Waals surface area (Å²) >= 11 is 6.72. The predicted molar refractivity (Wildman–Crippen MR) is 124 cm³/mol. The predicted octanol–water partition coefficient (Wildman–Crippen LogP) is 5.02. The quantitative estimate of drug-likeness (QED) is 0.452. The van der Waals surface area contributed by atoms with E-state index in [1.165, 1.54) is 18.2 Å². The number of nitrogens with zero attached hydrogens (tertiary/aromatic N) is 2. The molecular formula is C23H28N2O2S2. The van der Waals surface area contributed by atoms with Gasteiger partial charge in [-0.25, -0.2) is 0 Å². The molecule has 0 N–H and O–H groups in total. The molecule has 0 aromatic heterocycles. The fourth-order valence-electron chi connectivity index (χ4n) is 3.80. The third kappa shape index (κ3) is 5.80. The molecule has 1 aromatic rings. The highest BCUT2D eigenvalue weighted by atomic mass is 32.2. The second kappa shape index (κ2) is 10.7. The Balaban J connectivity index is 1.50. The first-order valence-electron chi connectivity index (χ1n) is 10.4. The molecule has 6 heteroatoms. The van der Waals surface area contributed by atoms with E-state index in [0.29, 0.717) is 34.7 Å². The summed E-state index contributed by atoms with van der Waals surface area (Å²) in [6.45, 7) is 3.52. The summed E-state index contributed by atoms with van der Waals surface area (Å²) in [6.07, 6.45) is 11.2. The first-order valence-corrected chi connectivity index (χ1v) is 11.6. The van der Waals surface area contributed by atoms with Gasteiger partial charge in [-0.1, -0.05) is 73.4 Å². The Hall–Kier alpha value is -1.92. The number of carbonyl (C=O) groups excluding carboxylic acids is 2. The van der Waals surface area contributed by atoms with Crippen LogP contribution in [0.1, 0.15) is 51.0 Å². The molecule has 2 aliphatic rings. The maximum atomic E-state index is 12.7. The molecule has 4 nitrogen and oxygen atoms in total. The maximum Gasteiger partial charge on any atom is 0.266 e. The molecule has 2 fully saturated rings. The lowest BCUT2D eigenvalue weighted by Crippen LogP contribution is -2.43. The van der Waals surface area contributed by atoms with Crippen LogP contribution in [0.2, 0.25) is 0 Å². The van der Waals surface area contributed by atoms with Crippen LogP contribution in [0, 0.1) is 0 Å². The number of hydrogen-bond acceptors (Lipinski definition) is 4. The Bertz CT molecular complexity index is 804. The van der Waals surface area contributed by atoms with E-state index >= 15 is 0 Å². The Morgan fingerprint density at radius 1 is 1.28 bits per heavy atom. The Morgan fingerprint density at radius 3 is 2.83 bits per heavy atom. The minimum atomic E-state index is -0.0606. The Kier molecular flexibility index (Phi) is 8.07. The van der Waals surface area contributed by atoms with Crippen LogP contribution < -0.4 is 0 Å². The number of thiocarbonyl (C=S) groups is 1. The number of allylic oxidation sites excluding steroid dienone is 2. The summed E-state index contributed by atoms with van der Waals surface area (Å²) < 4.78 is 0.575. The molecule has 1 aromatic carbocycles. The second-order valence-corrected chi connectivity index (χ2v) is 9.05. The minimum Gasteiger partial charge on any atom is -0.340 e. The molecule has 0 aliphatic carbocycles. The summed E-state index contributed by atoms with van der Waals surface area (Å²) in [5.41, 5.74) is 1.08. The van der Waals surface area contributed by atoms with Gasteiger partial charge >= 0.3 is 0 Å². The van der Waals surface area contributed by atoms with Gasteiger partial charge in [0.15, 0.2) is 0 Å². The summed E-state index contributed by atoms with van der Waals surface area (Å²) in [6, 6.07) is 10.3. The highest BCUT2D eigenvalue weighted by Gasteiger charge is 2.31. The first-order chi connectivity index (χ1) is 14.1. The average molecular weight is 429 g/mol. The van der Waals surface area contributed by atoms with Gasteiger partial charge in [0, 0.05) is 25.6 Å². The molecule has 1 atom stereocenters. The lowest BCUT2D eigenvalue weighted by molar-refractivity contribution is -0.135. The molecule has 154 valence electrons. The molecule has 0 bridgehead atoms. The first kappa shape index (κ1) is 21.8. The van der Waals surface area contributed by atoms with Crippen molar-refractivity contribution in [1.82, 2.24) is 9.80 Å². The van der Waals surface area contributed by atoms with E-state index < -0.39 is 0 Å². The molecule has 0 radical (unpaired) electrons. The molecule has 0 saturated carbocycles. The molecule has 2 amide bonds. The zero-order chi connectivity index (χ0) is 20.6. The Morgan fingerprint density at radius 2 is 2.07 bits per heavy atom. The Labute approximate surface area is 183 Å². The fourth-order valence-corrected chi connectivity index (χ4v) is 5.06. The van der Waals surface area contributed by atoms with Crippen LogP contribution in [0.5, 0.6) is 0 Å². The zero-order valence-electron chi connectivity index (χ0n) is 16.9. The van der Waals surface area contributed by atoms with E-state index in [0.717, 1.165) is 31.4 Å². The van der Waals surface area contributed by atoms with Crippen molar-refractivity contribution in [2.45, 2.75) is 51.5 Å². The number of carbonyl (C=O) groups is 2. The van der Waals surface area contributed by atoms with Crippen molar-refractivity contribution in [1.29, 1.82) is 0 Å². The largest absolute Gasteiger partial charge is 0.340 e.